The molecule has 1 aliphatic rings. The van der Waals surface area contributed by atoms with Gasteiger partial charge in [-0.3, -0.25) is 9.59 Å². The van der Waals surface area contributed by atoms with Crippen molar-refractivity contribution < 1.29 is 22.7 Å². The van der Waals surface area contributed by atoms with Crippen molar-refractivity contribution >= 4 is 5.91 Å². The first-order chi connectivity index (χ1) is 11.3. The first-order valence-corrected chi connectivity index (χ1v) is 7.75. The Morgan fingerprint density at radius 2 is 2.00 bits per heavy atom. The van der Waals surface area contributed by atoms with Crippen molar-refractivity contribution in [2.24, 2.45) is 0 Å². The fourth-order valence-corrected chi connectivity index (χ4v) is 2.82. The third-order valence-corrected chi connectivity index (χ3v) is 4.21. The van der Waals surface area contributed by atoms with Crippen molar-refractivity contribution in [1.29, 1.82) is 0 Å². The SMILES string of the molecule is COCCn1nc(C(=O)NC2(C(F)(F)F)CCCCC2)ccc1=O. The topological polar surface area (TPSA) is 73.2 Å². The number of carbonyl (C=O) groups is 1. The van der Waals surface area contributed by atoms with Gasteiger partial charge in [-0.05, 0) is 18.9 Å². The number of nitrogens with zero attached hydrogens (tertiary/aromatic N) is 2. The molecule has 0 bridgehead atoms. The third kappa shape index (κ3) is 3.95. The van der Waals surface area contributed by atoms with Crippen LogP contribution in [-0.2, 0) is 11.3 Å². The molecule has 1 aromatic rings. The van der Waals surface area contributed by atoms with Crippen LogP contribution in [0.4, 0.5) is 13.2 Å². The smallest absolute Gasteiger partial charge is 0.383 e. The Kier molecular flexibility index (Phi) is 5.63. The molecule has 0 aromatic carbocycles. The second-order valence-corrected chi connectivity index (χ2v) is 5.87. The van der Waals surface area contributed by atoms with Crippen LogP contribution in [0.5, 0.6) is 0 Å². The zero-order valence-electron chi connectivity index (χ0n) is 13.4. The molecule has 1 amide bonds. The maximum Gasteiger partial charge on any atom is 0.411 e. The van der Waals surface area contributed by atoms with Gasteiger partial charge in [0.1, 0.15) is 11.2 Å². The van der Waals surface area contributed by atoms with E-state index in [1.54, 1.807) is 0 Å². The van der Waals surface area contributed by atoms with Crippen LogP contribution in [0.1, 0.15) is 42.6 Å². The van der Waals surface area contributed by atoms with Crippen molar-refractivity contribution in [2.75, 3.05) is 13.7 Å². The van der Waals surface area contributed by atoms with E-state index in [4.69, 9.17) is 4.74 Å². The number of halogens is 3. The van der Waals surface area contributed by atoms with Gasteiger partial charge in [0.05, 0.1) is 13.2 Å². The first kappa shape index (κ1) is 18.4. The first-order valence-electron chi connectivity index (χ1n) is 7.75. The number of aromatic nitrogens is 2. The van der Waals surface area contributed by atoms with Crippen LogP contribution in [0.15, 0.2) is 16.9 Å². The van der Waals surface area contributed by atoms with E-state index in [0.29, 0.717) is 19.3 Å². The lowest BCUT2D eigenvalue weighted by atomic mass is 9.81. The van der Waals surface area contributed by atoms with Crippen LogP contribution in [0.2, 0.25) is 0 Å². The van der Waals surface area contributed by atoms with E-state index in [0.717, 1.165) is 16.8 Å². The van der Waals surface area contributed by atoms with Crippen molar-refractivity contribution in [1.82, 2.24) is 15.1 Å². The van der Waals surface area contributed by atoms with Gasteiger partial charge < -0.3 is 10.1 Å². The van der Waals surface area contributed by atoms with Gasteiger partial charge in [-0.2, -0.15) is 18.3 Å². The minimum Gasteiger partial charge on any atom is -0.383 e. The molecule has 1 aliphatic carbocycles. The Morgan fingerprint density at radius 1 is 1.33 bits per heavy atom. The molecule has 9 heteroatoms. The van der Waals surface area contributed by atoms with Gasteiger partial charge in [-0.25, -0.2) is 4.68 Å². The minimum atomic E-state index is -4.53. The summed E-state index contributed by atoms with van der Waals surface area (Å²) in [6, 6.07) is 2.24. The highest BCUT2D eigenvalue weighted by atomic mass is 19.4. The van der Waals surface area contributed by atoms with Crippen LogP contribution in [0.3, 0.4) is 0 Å². The number of rotatable bonds is 5. The molecule has 1 N–H and O–H groups in total. The Morgan fingerprint density at radius 3 is 2.58 bits per heavy atom. The summed E-state index contributed by atoms with van der Waals surface area (Å²) in [6.45, 7) is 0.311. The van der Waals surface area contributed by atoms with Crippen LogP contribution in [0, 0.1) is 0 Å². The predicted octanol–water partition coefficient (Wildman–Crippen LogP) is 1.88. The summed E-state index contributed by atoms with van der Waals surface area (Å²) < 4.78 is 46.3. The maximum absolute atomic E-state index is 13.5. The van der Waals surface area contributed by atoms with E-state index in [1.807, 2.05) is 0 Å². The van der Waals surface area contributed by atoms with Crippen molar-refractivity contribution in [3.05, 3.63) is 28.2 Å². The van der Waals surface area contributed by atoms with E-state index >= 15 is 0 Å². The summed E-state index contributed by atoms with van der Waals surface area (Å²) in [4.78, 5) is 23.9. The Hall–Kier alpha value is -1.90. The number of ether oxygens (including phenoxy) is 1. The summed E-state index contributed by atoms with van der Waals surface area (Å²) in [7, 11) is 1.44. The fraction of sp³-hybridized carbons (Fsp3) is 0.667. The number of nitrogens with one attached hydrogen (secondary N) is 1. The van der Waals surface area contributed by atoms with Crippen LogP contribution in [-0.4, -0.2) is 41.1 Å². The van der Waals surface area contributed by atoms with E-state index < -0.39 is 23.2 Å². The molecule has 1 fully saturated rings. The quantitative estimate of drug-likeness (QED) is 0.883. The normalized spacial score (nSPS) is 17.5. The molecule has 24 heavy (non-hydrogen) atoms. The lowest BCUT2D eigenvalue weighted by Crippen LogP contribution is -2.59. The predicted molar refractivity (Wildman–Crippen MR) is 79.7 cm³/mol. The largest absolute Gasteiger partial charge is 0.411 e. The van der Waals surface area contributed by atoms with Crippen molar-refractivity contribution in [3.8, 4) is 0 Å². The molecule has 0 radical (unpaired) electrons. The Labute approximate surface area is 137 Å². The van der Waals surface area contributed by atoms with Gasteiger partial charge in [-0.1, -0.05) is 19.3 Å². The second kappa shape index (κ2) is 7.33. The van der Waals surface area contributed by atoms with E-state index in [9.17, 15) is 22.8 Å². The standard InChI is InChI=1S/C15H20F3N3O3/c1-24-10-9-21-12(22)6-5-11(20-21)13(23)19-14(15(16,17)18)7-3-2-4-8-14/h5-6H,2-4,7-10H2,1H3,(H,19,23). The number of alkyl halides is 3. The van der Waals surface area contributed by atoms with E-state index in [2.05, 4.69) is 10.4 Å². The van der Waals surface area contributed by atoms with E-state index in [-0.39, 0.29) is 31.7 Å². The molecular formula is C15H20F3N3O3. The molecule has 1 saturated carbocycles. The number of methoxy groups -OCH3 is 1. The van der Waals surface area contributed by atoms with Gasteiger partial charge in [0, 0.05) is 13.2 Å². The summed E-state index contributed by atoms with van der Waals surface area (Å²) in [6.07, 6.45) is -3.31. The summed E-state index contributed by atoms with van der Waals surface area (Å²) in [5.74, 6) is -0.930. The van der Waals surface area contributed by atoms with Gasteiger partial charge in [-0.15, -0.1) is 0 Å². The zero-order valence-corrected chi connectivity index (χ0v) is 13.4. The number of amides is 1. The second-order valence-electron chi connectivity index (χ2n) is 5.87. The Bertz CT molecular complexity index is 637. The average molecular weight is 347 g/mol. The van der Waals surface area contributed by atoms with Crippen molar-refractivity contribution in [2.45, 2.75) is 50.4 Å². The number of hydrogen-bond donors (Lipinski definition) is 1. The molecule has 0 atom stereocenters. The van der Waals surface area contributed by atoms with Crippen LogP contribution in [0.25, 0.3) is 0 Å². The summed E-state index contributed by atoms with van der Waals surface area (Å²) >= 11 is 0. The van der Waals surface area contributed by atoms with Gasteiger partial charge in [0.2, 0.25) is 0 Å². The highest BCUT2D eigenvalue weighted by Crippen LogP contribution is 2.41. The molecular weight excluding hydrogens is 327 g/mol. The molecule has 134 valence electrons. The average Bonchev–Trinajstić information content (AvgIpc) is 2.54. The molecule has 0 saturated heterocycles. The van der Waals surface area contributed by atoms with Crippen molar-refractivity contribution in [3.63, 3.8) is 0 Å². The monoisotopic (exact) mass is 347 g/mol. The van der Waals surface area contributed by atoms with Gasteiger partial charge >= 0.3 is 6.18 Å². The van der Waals surface area contributed by atoms with Gasteiger partial charge in [0.25, 0.3) is 11.5 Å². The molecule has 2 rings (SSSR count). The molecule has 0 spiro atoms. The number of carbonyl (C=O) groups excluding carboxylic acids is 1. The molecule has 6 nitrogen and oxygen atoms in total. The van der Waals surface area contributed by atoms with Crippen LogP contribution >= 0.6 is 0 Å². The molecule has 1 heterocycles. The summed E-state index contributed by atoms with van der Waals surface area (Å²) in [5, 5.41) is 5.95. The lowest BCUT2D eigenvalue weighted by molar-refractivity contribution is -0.201. The Balaban J connectivity index is 2.23. The lowest BCUT2D eigenvalue weighted by Gasteiger charge is -2.39. The zero-order chi connectivity index (χ0) is 17.8. The molecule has 0 aliphatic heterocycles. The minimum absolute atomic E-state index is 0.112. The molecule has 0 unspecified atom stereocenters. The van der Waals surface area contributed by atoms with Crippen LogP contribution < -0.4 is 10.9 Å². The maximum atomic E-state index is 13.5. The highest BCUT2D eigenvalue weighted by Gasteiger charge is 2.55. The number of hydrogen-bond acceptors (Lipinski definition) is 4. The van der Waals surface area contributed by atoms with E-state index in [1.165, 1.54) is 7.11 Å². The summed E-state index contributed by atoms with van der Waals surface area (Å²) in [5.41, 5.74) is -2.90. The highest BCUT2D eigenvalue weighted by molar-refractivity contribution is 5.92. The third-order valence-electron chi connectivity index (χ3n) is 4.21. The molecule has 1 aromatic heterocycles. The fourth-order valence-electron chi connectivity index (χ4n) is 2.82. The van der Waals surface area contributed by atoms with Gasteiger partial charge in [0.15, 0.2) is 0 Å².